The van der Waals surface area contributed by atoms with Crippen LogP contribution in [0.15, 0.2) is 23.8 Å². The fourth-order valence-corrected chi connectivity index (χ4v) is 213. The zero-order valence-electron chi connectivity index (χ0n) is 33.7. The summed E-state index contributed by atoms with van der Waals surface area (Å²) >= 11 is 0. The minimum Gasteiger partial charge on any atom is -0.396 e. The SMILES string of the molecule is C=C(CCCO)C(O)(C(C)C(OP(P(P)P)P(P)P(P)P)C(C)OP(P(P)P)P(PP)P(P)P)C(O)C1CC(OP(P(P)P(P)P)P(P(P)P)P(P)P)C(C)=CC1(C)C. The molecule has 350 valence electrons. The van der Waals surface area contributed by atoms with E-state index in [-0.39, 0.29) is 52.7 Å². The van der Waals surface area contributed by atoms with Crippen LogP contribution in [0.2, 0.25) is 0 Å². The van der Waals surface area contributed by atoms with Crippen molar-refractivity contribution >= 4 is 259 Å². The summed E-state index contributed by atoms with van der Waals surface area (Å²) in [5.74, 6) is -0.959. The minimum atomic E-state index is -1.76. The van der Waals surface area contributed by atoms with Gasteiger partial charge in [0.05, 0.1) is 47.0 Å². The lowest BCUT2D eigenvalue weighted by molar-refractivity contribution is -0.154. The van der Waals surface area contributed by atoms with E-state index in [1.165, 1.54) is 5.57 Å². The summed E-state index contributed by atoms with van der Waals surface area (Å²) in [6, 6.07) is 0. The molecule has 0 radical (unpaired) electrons. The normalized spacial score (nSPS) is 24.3. The highest BCUT2D eigenvalue weighted by Crippen LogP contribution is 3.18. The second-order valence-electron chi connectivity index (χ2n) is 13.8. The van der Waals surface area contributed by atoms with E-state index in [0.29, 0.717) is 32.8 Å². The Morgan fingerprint density at radius 2 is 1.31 bits per heavy atom. The molecule has 0 saturated carbocycles. The summed E-state index contributed by atoms with van der Waals surface area (Å²) in [6.45, 7) is 10.3. The summed E-state index contributed by atoms with van der Waals surface area (Å²) in [4.78, 5) is 0. The van der Waals surface area contributed by atoms with E-state index in [0.717, 1.165) is 0 Å². The van der Waals surface area contributed by atoms with E-state index < -0.39 is 101 Å². The molecule has 1 rings (SSSR count). The first kappa shape index (κ1) is 70.0. The third kappa shape index (κ3) is 22.0. The van der Waals surface area contributed by atoms with Gasteiger partial charge in [0.25, 0.3) is 0 Å². The summed E-state index contributed by atoms with van der Waals surface area (Å²) < 4.78 is 22.1. The average Bonchev–Trinajstić information content (AvgIpc) is 3.11. The summed E-state index contributed by atoms with van der Waals surface area (Å²) in [7, 11) is 50.3. The van der Waals surface area contributed by atoms with Gasteiger partial charge in [-0.2, -0.15) is 0 Å². The smallest absolute Gasteiger partial charge is 0.117 e. The van der Waals surface area contributed by atoms with Gasteiger partial charge in [-0.1, -0.05) is 59.2 Å². The lowest BCUT2D eigenvalue weighted by atomic mass is 9.60. The Balaban J connectivity index is 4.08. The van der Waals surface area contributed by atoms with Gasteiger partial charge in [0.15, 0.2) is 0 Å². The Labute approximate surface area is 415 Å². The van der Waals surface area contributed by atoms with Gasteiger partial charge in [-0.3, -0.25) is 0 Å². The molecule has 31 atom stereocenters. The van der Waals surface area contributed by atoms with Crippen LogP contribution in [0.4, 0.5) is 0 Å². The molecular weight excluding hydrogens is 1340 g/mol. The topological polar surface area (TPSA) is 88.4 Å². The molecule has 0 spiro atoms. The predicted molar refractivity (Wildman–Crippen MR) is 372 cm³/mol. The molecule has 0 aromatic carbocycles. The number of rotatable bonds is 27. The second-order valence-corrected chi connectivity index (χ2v) is 129. The van der Waals surface area contributed by atoms with E-state index in [1.807, 2.05) is 6.92 Å². The van der Waals surface area contributed by atoms with Crippen LogP contribution in [-0.4, -0.2) is 51.9 Å². The molecule has 0 amide bonds. The van der Waals surface area contributed by atoms with Crippen molar-refractivity contribution in [2.75, 3.05) is 6.61 Å². The predicted octanol–water partition coefficient (Wildman–Crippen LogP) is 20.8. The molecule has 0 aromatic rings. The minimum absolute atomic E-state index is 0.0340. The molecule has 6 nitrogen and oxygen atoms in total. The highest BCUT2D eigenvalue weighted by atomic mass is 33.2. The molecule has 3 N–H and O–H groups in total. The Morgan fingerprint density at radius 3 is 1.71 bits per heavy atom. The van der Waals surface area contributed by atoms with Crippen molar-refractivity contribution in [1.82, 2.24) is 0 Å². The van der Waals surface area contributed by atoms with Gasteiger partial charge in [0, 0.05) is 40.5 Å². The third-order valence-electron chi connectivity index (χ3n) is 9.20. The fraction of sp³-hybridized carbons (Fsp3) is 0.810. The van der Waals surface area contributed by atoms with Crippen LogP contribution in [-0.2, 0) is 13.6 Å². The molecule has 1 aliphatic rings. The van der Waals surface area contributed by atoms with Crippen LogP contribution >= 0.6 is 259 Å². The zero-order valence-corrected chi connectivity index (χ0v) is 66.9. The fourth-order valence-electron chi connectivity index (χ4n) is 6.29. The Morgan fingerprint density at radius 1 is 0.814 bits per heavy atom. The van der Waals surface area contributed by atoms with E-state index in [2.05, 4.69) is 192 Å². The highest BCUT2D eigenvalue weighted by Gasteiger charge is 2.55. The van der Waals surface area contributed by atoms with E-state index in [9.17, 15) is 15.3 Å². The lowest BCUT2D eigenvalue weighted by Gasteiger charge is -2.52. The number of aliphatic hydroxyl groups excluding tert-OH is 2. The van der Waals surface area contributed by atoms with Crippen LogP contribution < -0.4 is 0 Å². The van der Waals surface area contributed by atoms with Crippen molar-refractivity contribution in [2.45, 2.75) is 83.9 Å². The zero-order chi connectivity index (χ0) is 46.1. The molecule has 0 fully saturated rings. The van der Waals surface area contributed by atoms with Gasteiger partial charge < -0.3 is 28.9 Å². The monoisotopic (exact) mass is 1410 g/mol. The first-order valence-electron chi connectivity index (χ1n) is 17.1. The first-order chi connectivity index (χ1) is 27.0. The van der Waals surface area contributed by atoms with Crippen LogP contribution in [0.1, 0.15) is 53.9 Å². The quantitative estimate of drug-likeness (QED) is 0.0561. The van der Waals surface area contributed by atoms with Gasteiger partial charge >= 0.3 is 0 Å². The molecule has 0 aliphatic heterocycles. The summed E-state index contributed by atoms with van der Waals surface area (Å²) in [6.07, 6.45) is 1.38. The molecule has 31 unspecified atom stereocenters. The standard InChI is InChI=1S/C21H70O6P32/c1-12-11-20(5,6)16(10-17(12)26-48(57(44)52(35)36)59(54(39)40)55(41)42)19(23)21(24,13(2)8-7-9-22)14(3)18(27-46(49(29)30)56(43)51(33)34)15(4)25-47(50(31)32)58(45-28)53(37)38/h11,14-19,22-24,45H,2,7-10,28-44H2,1,3-6H3. The average molecular weight is 1410 g/mol. The Hall–Kier alpha value is 13.0. The largest absolute Gasteiger partial charge is 0.396 e. The molecular formula is C21H70O6P32. The van der Waals surface area contributed by atoms with Crippen molar-refractivity contribution < 1.29 is 28.9 Å². The number of hydrogen-bond acceptors (Lipinski definition) is 6. The van der Waals surface area contributed by atoms with Crippen molar-refractivity contribution in [1.29, 1.82) is 0 Å². The Bertz CT molecular complexity index is 1280. The molecule has 0 bridgehead atoms. The maximum atomic E-state index is 13.6. The molecule has 0 heterocycles. The summed E-state index contributed by atoms with van der Waals surface area (Å²) in [5.41, 5.74) is -0.504. The van der Waals surface area contributed by atoms with E-state index >= 15 is 0 Å². The van der Waals surface area contributed by atoms with Crippen molar-refractivity contribution in [3.05, 3.63) is 23.8 Å². The molecule has 0 aromatic heterocycles. The van der Waals surface area contributed by atoms with E-state index in [4.69, 9.17) is 13.6 Å². The maximum absolute atomic E-state index is 13.6. The van der Waals surface area contributed by atoms with Crippen molar-refractivity contribution in [3.63, 3.8) is 0 Å². The third-order valence-corrected chi connectivity index (χ3v) is 167. The molecule has 38 heteroatoms. The summed E-state index contributed by atoms with van der Waals surface area (Å²) in [5, 5.41) is 36.8. The van der Waals surface area contributed by atoms with Crippen LogP contribution in [0.3, 0.4) is 0 Å². The van der Waals surface area contributed by atoms with Gasteiger partial charge in [-0.25, -0.2) is 0 Å². The van der Waals surface area contributed by atoms with Crippen molar-refractivity contribution in [2.24, 2.45) is 17.3 Å². The van der Waals surface area contributed by atoms with Crippen LogP contribution in [0.5, 0.6) is 0 Å². The lowest BCUT2D eigenvalue weighted by Crippen LogP contribution is -2.60. The van der Waals surface area contributed by atoms with Gasteiger partial charge in [-0.15, -0.1) is 134 Å². The molecule has 59 heavy (non-hydrogen) atoms. The number of allylic oxidation sites excluding steroid dienone is 1. The van der Waals surface area contributed by atoms with Crippen LogP contribution in [0.25, 0.3) is 0 Å². The number of hydrogen-bond donors (Lipinski definition) is 3. The molecule has 1 aliphatic carbocycles. The van der Waals surface area contributed by atoms with Crippen molar-refractivity contribution in [3.8, 4) is 0 Å². The van der Waals surface area contributed by atoms with Gasteiger partial charge in [-0.05, 0) is 105 Å². The second kappa shape index (κ2) is 34.8. The number of aliphatic hydroxyl groups is 3. The molecule has 0 saturated heterocycles. The Kier molecular flexibility index (Phi) is 41.3. The van der Waals surface area contributed by atoms with Gasteiger partial charge in [0.2, 0.25) is 0 Å². The highest BCUT2D eigenvalue weighted by molar-refractivity contribution is 9.19. The first-order valence-corrected chi connectivity index (χ1v) is 72.9. The maximum Gasteiger partial charge on any atom is 0.117 e. The van der Waals surface area contributed by atoms with Gasteiger partial charge in [0.1, 0.15) is 5.60 Å². The van der Waals surface area contributed by atoms with E-state index in [1.54, 1.807) is 0 Å². The van der Waals surface area contributed by atoms with Crippen LogP contribution in [0, 0.1) is 17.3 Å².